The molecule has 2 N–H and O–H groups in total. The molecule has 164 valence electrons. The summed E-state index contributed by atoms with van der Waals surface area (Å²) in [6, 6.07) is 0. The molecule has 4 heterocycles. The van der Waals surface area contributed by atoms with E-state index in [0.717, 1.165) is 0 Å². The summed E-state index contributed by atoms with van der Waals surface area (Å²) in [6.07, 6.45) is 7.32. The molecule has 2 aromatic rings. The molecule has 31 heavy (non-hydrogen) atoms. The summed E-state index contributed by atoms with van der Waals surface area (Å²) in [7, 11) is 0. The Bertz CT molecular complexity index is 1050. The zero-order valence-electron chi connectivity index (χ0n) is 17.1. The number of aryl methyl sites for hydroxylation is 1. The molecule has 11 heteroatoms. The first-order valence-electron chi connectivity index (χ1n) is 10.0. The molecule has 0 amide bonds. The predicted octanol–water partition coefficient (Wildman–Crippen LogP) is 1.65. The number of nitrogen functional groups attached to an aromatic ring is 1. The maximum atomic E-state index is 12.4. The fourth-order valence-corrected chi connectivity index (χ4v) is 3.74. The minimum atomic E-state index is -1.49. The number of esters is 1. The Morgan fingerprint density at radius 1 is 1.26 bits per heavy atom. The normalized spacial score (nSPS) is 27.6. The van der Waals surface area contributed by atoms with Crippen molar-refractivity contribution >= 4 is 29.1 Å². The number of terminal acetylenes is 1. The van der Waals surface area contributed by atoms with Crippen LogP contribution in [0.3, 0.4) is 0 Å². The molecular formula is C20H23N5O6. The third kappa shape index (κ3) is 4.11. The predicted molar refractivity (Wildman–Crippen MR) is 106 cm³/mol. The highest BCUT2D eigenvalue weighted by Gasteiger charge is 2.52. The summed E-state index contributed by atoms with van der Waals surface area (Å²) in [6.45, 7) is 1.58. The van der Waals surface area contributed by atoms with E-state index in [4.69, 9.17) is 31.1 Å². The van der Waals surface area contributed by atoms with Crippen molar-refractivity contribution in [2.75, 3.05) is 18.9 Å². The number of hydrogen-bond donors (Lipinski definition) is 1. The molecule has 2 aliphatic heterocycles. The molecule has 2 fully saturated rings. The number of ether oxygens (including phenoxy) is 4. The van der Waals surface area contributed by atoms with E-state index in [2.05, 4.69) is 20.9 Å². The molecular weight excluding hydrogens is 406 g/mol. The van der Waals surface area contributed by atoms with Crippen molar-refractivity contribution in [3.05, 3.63) is 12.2 Å². The second-order valence-corrected chi connectivity index (χ2v) is 7.50. The van der Waals surface area contributed by atoms with Crippen molar-refractivity contribution in [3.63, 3.8) is 0 Å². The molecule has 0 aliphatic carbocycles. The number of carbonyl (C=O) groups is 2. The number of carbonyl (C=O) groups excluding carboxylic acids is 2. The lowest BCUT2D eigenvalue weighted by molar-refractivity contribution is -0.159. The van der Waals surface area contributed by atoms with Gasteiger partial charge in [0.25, 0.3) is 0 Å². The van der Waals surface area contributed by atoms with E-state index in [-0.39, 0.29) is 31.9 Å². The Balaban J connectivity index is 1.66. The monoisotopic (exact) mass is 429 g/mol. The lowest BCUT2D eigenvalue weighted by Crippen LogP contribution is -2.45. The van der Waals surface area contributed by atoms with Gasteiger partial charge in [0.1, 0.15) is 30.3 Å². The van der Waals surface area contributed by atoms with Gasteiger partial charge in [-0.15, -0.1) is 6.42 Å². The largest absolute Gasteiger partial charge is 0.508 e. The van der Waals surface area contributed by atoms with Gasteiger partial charge in [0, 0.05) is 12.8 Å². The van der Waals surface area contributed by atoms with Gasteiger partial charge >= 0.3 is 12.1 Å². The van der Waals surface area contributed by atoms with Gasteiger partial charge in [0.2, 0.25) is 5.60 Å². The highest BCUT2D eigenvalue weighted by atomic mass is 16.7. The number of hydrogen-bond acceptors (Lipinski definition) is 10. The molecule has 3 atom stereocenters. The van der Waals surface area contributed by atoms with Crippen LogP contribution in [0, 0.1) is 19.3 Å². The van der Waals surface area contributed by atoms with Gasteiger partial charge in [-0.2, -0.15) is 0 Å². The highest BCUT2D eigenvalue weighted by Crippen LogP contribution is 2.40. The van der Waals surface area contributed by atoms with E-state index >= 15 is 0 Å². The van der Waals surface area contributed by atoms with Gasteiger partial charge in [0.15, 0.2) is 11.5 Å². The van der Waals surface area contributed by atoms with Crippen molar-refractivity contribution < 1.29 is 28.5 Å². The summed E-state index contributed by atoms with van der Waals surface area (Å²) in [4.78, 5) is 37.1. The van der Waals surface area contributed by atoms with Crippen molar-refractivity contribution in [1.82, 2.24) is 19.5 Å². The standard InChI is InChI=1S/C20H23N5O6/c1-3-20-10-29-19(27)28-8-6-4-5-7-15(26)30-13(20)9-14(31-20)25-11-22-16-17(21)23-12(2)24-18(16)25/h1,11,13-14H,4-10H2,2H3,(H2,21,23,24)/t13-,14+,20+/m0/s1. The van der Waals surface area contributed by atoms with Crippen LogP contribution in [0.5, 0.6) is 0 Å². The molecule has 2 aliphatic rings. The topological polar surface area (TPSA) is 141 Å². The van der Waals surface area contributed by atoms with Crippen molar-refractivity contribution in [3.8, 4) is 12.3 Å². The number of anilines is 1. The third-order valence-electron chi connectivity index (χ3n) is 5.32. The first kappa shape index (κ1) is 20.9. The molecule has 0 saturated carbocycles. The third-order valence-corrected chi connectivity index (χ3v) is 5.32. The quantitative estimate of drug-likeness (QED) is 0.525. The van der Waals surface area contributed by atoms with Crippen LogP contribution in [-0.4, -0.2) is 56.6 Å². The summed E-state index contributed by atoms with van der Waals surface area (Å²) < 4.78 is 23.7. The number of rotatable bonds is 1. The van der Waals surface area contributed by atoms with Crippen LogP contribution >= 0.6 is 0 Å². The van der Waals surface area contributed by atoms with Crippen LogP contribution in [0.4, 0.5) is 10.6 Å². The highest BCUT2D eigenvalue weighted by molar-refractivity contribution is 5.81. The average molecular weight is 429 g/mol. The zero-order valence-corrected chi connectivity index (χ0v) is 17.1. The first-order chi connectivity index (χ1) is 14.9. The van der Waals surface area contributed by atoms with Gasteiger partial charge in [-0.05, 0) is 26.2 Å². The Hall–Kier alpha value is -3.39. The zero-order chi connectivity index (χ0) is 22.0. The molecule has 0 bridgehead atoms. The first-order valence-corrected chi connectivity index (χ1v) is 10.0. The lowest BCUT2D eigenvalue weighted by atomic mass is 9.98. The summed E-state index contributed by atoms with van der Waals surface area (Å²) in [5.74, 6) is 2.85. The van der Waals surface area contributed by atoms with Crippen LogP contribution in [0.1, 0.15) is 44.2 Å². The number of nitrogens with two attached hydrogens (primary N) is 1. The van der Waals surface area contributed by atoms with E-state index in [0.29, 0.717) is 36.3 Å². The fraction of sp³-hybridized carbons (Fsp3) is 0.550. The molecule has 4 rings (SSSR count). The summed E-state index contributed by atoms with van der Waals surface area (Å²) in [5.41, 5.74) is 5.34. The van der Waals surface area contributed by atoms with Crippen molar-refractivity contribution in [1.29, 1.82) is 0 Å². The molecule has 0 aromatic carbocycles. The van der Waals surface area contributed by atoms with E-state index in [9.17, 15) is 9.59 Å². The average Bonchev–Trinajstić information content (AvgIpc) is 3.30. The number of imidazole rings is 1. The van der Waals surface area contributed by atoms with Crippen molar-refractivity contribution in [2.24, 2.45) is 0 Å². The van der Waals surface area contributed by atoms with E-state index in [1.165, 1.54) is 6.33 Å². The molecule has 0 unspecified atom stereocenters. The number of fused-ring (bicyclic) bond motifs is 2. The lowest BCUT2D eigenvalue weighted by Gasteiger charge is -2.28. The molecule has 0 radical (unpaired) electrons. The Morgan fingerprint density at radius 3 is 2.90 bits per heavy atom. The molecule has 0 spiro atoms. The minimum Gasteiger partial charge on any atom is -0.458 e. The van der Waals surface area contributed by atoms with E-state index < -0.39 is 30.1 Å². The minimum absolute atomic E-state index is 0.200. The Morgan fingerprint density at radius 2 is 2.10 bits per heavy atom. The van der Waals surface area contributed by atoms with Gasteiger partial charge in [-0.3, -0.25) is 9.36 Å². The SMILES string of the molecule is C#C[C@@]12COC(=O)OCCCCCC(=O)O[C@H]1C[C@H](n1cnc3c(N)nc(C)nc31)O2. The number of nitrogens with zero attached hydrogens (tertiary/aromatic N) is 4. The van der Waals surface area contributed by atoms with Gasteiger partial charge in [-0.1, -0.05) is 5.92 Å². The second-order valence-electron chi connectivity index (χ2n) is 7.50. The molecule has 2 saturated heterocycles. The van der Waals surface area contributed by atoms with Crippen LogP contribution < -0.4 is 5.73 Å². The number of cyclic esters (lactones) is 2. The second kappa shape index (κ2) is 8.39. The van der Waals surface area contributed by atoms with Crippen LogP contribution in [0.25, 0.3) is 11.2 Å². The maximum absolute atomic E-state index is 12.4. The van der Waals surface area contributed by atoms with Crippen molar-refractivity contribution in [2.45, 2.75) is 57.0 Å². The summed E-state index contributed by atoms with van der Waals surface area (Å²) in [5, 5.41) is 0. The van der Waals surface area contributed by atoms with Gasteiger partial charge in [0.05, 0.1) is 12.9 Å². The molecule has 11 nitrogen and oxygen atoms in total. The summed E-state index contributed by atoms with van der Waals surface area (Å²) >= 11 is 0. The smallest absolute Gasteiger partial charge is 0.458 e. The van der Waals surface area contributed by atoms with Crippen LogP contribution in [-0.2, 0) is 23.7 Å². The van der Waals surface area contributed by atoms with E-state index in [1.54, 1.807) is 11.5 Å². The van der Waals surface area contributed by atoms with Crippen LogP contribution in [0.2, 0.25) is 0 Å². The number of aromatic nitrogens is 4. The Kier molecular flexibility index (Phi) is 5.65. The Labute approximate surface area is 178 Å². The van der Waals surface area contributed by atoms with Gasteiger partial charge < -0.3 is 24.7 Å². The fourth-order valence-electron chi connectivity index (χ4n) is 3.74. The maximum Gasteiger partial charge on any atom is 0.508 e. The van der Waals surface area contributed by atoms with Gasteiger partial charge in [-0.25, -0.2) is 19.7 Å². The van der Waals surface area contributed by atoms with Crippen LogP contribution in [0.15, 0.2) is 6.33 Å². The van der Waals surface area contributed by atoms with E-state index in [1.807, 2.05) is 0 Å². The molecule has 2 aromatic heterocycles.